The first-order valence-corrected chi connectivity index (χ1v) is 9.33. The van der Waals surface area contributed by atoms with Crippen LogP contribution < -0.4 is 0 Å². The standard InChI is InChI=1S/C20H25F3O4/c1-2-3-4-14-9-26-20(27-10-14)15-11-24-18(25-12-15)6-5-13-7-16(21)19(23)17(22)8-13/h3-4,7-8,14-15,18,20H,2,5-6,9-12H2,1H3/b4-3+. The third-order valence-corrected chi connectivity index (χ3v) is 4.68. The third kappa shape index (κ3) is 5.54. The quantitative estimate of drug-likeness (QED) is 0.547. The number of halogens is 3. The second kappa shape index (κ2) is 9.68. The van der Waals surface area contributed by atoms with Gasteiger partial charge < -0.3 is 18.9 Å². The minimum atomic E-state index is -1.45. The monoisotopic (exact) mass is 386 g/mol. The Labute approximate surface area is 157 Å². The molecule has 7 heteroatoms. The van der Waals surface area contributed by atoms with Crippen LogP contribution in [0.25, 0.3) is 0 Å². The molecule has 0 saturated carbocycles. The maximum absolute atomic E-state index is 13.2. The van der Waals surface area contributed by atoms with Crippen molar-refractivity contribution in [2.45, 2.75) is 38.8 Å². The van der Waals surface area contributed by atoms with Crippen LogP contribution in [0.3, 0.4) is 0 Å². The largest absolute Gasteiger partial charge is 0.352 e. The van der Waals surface area contributed by atoms with Gasteiger partial charge in [-0.2, -0.15) is 0 Å². The number of aryl methyl sites for hydroxylation is 1. The van der Waals surface area contributed by atoms with Gasteiger partial charge in [-0.3, -0.25) is 0 Å². The van der Waals surface area contributed by atoms with E-state index in [-0.39, 0.29) is 18.1 Å². The molecule has 2 fully saturated rings. The average Bonchev–Trinajstić information content (AvgIpc) is 2.69. The molecule has 4 nitrogen and oxygen atoms in total. The molecule has 0 aliphatic carbocycles. The van der Waals surface area contributed by atoms with E-state index in [1.54, 1.807) is 0 Å². The molecule has 0 atom stereocenters. The fourth-order valence-corrected chi connectivity index (χ4v) is 3.16. The minimum absolute atomic E-state index is 0.0157. The van der Waals surface area contributed by atoms with Gasteiger partial charge in [-0.1, -0.05) is 19.1 Å². The van der Waals surface area contributed by atoms with Gasteiger partial charge in [0.2, 0.25) is 0 Å². The molecule has 3 rings (SSSR count). The molecular weight excluding hydrogens is 361 g/mol. The van der Waals surface area contributed by atoms with Gasteiger partial charge in [0.1, 0.15) is 0 Å². The summed E-state index contributed by atoms with van der Waals surface area (Å²) in [6.07, 6.45) is 5.13. The maximum atomic E-state index is 13.2. The summed E-state index contributed by atoms with van der Waals surface area (Å²) in [5, 5.41) is 0. The molecule has 1 aromatic rings. The summed E-state index contributed by atoms with van der Waals surface area (Å²) < 4.78 is 62.4. The summed E-state index contributed by atoms with van der Waals surface area (Å²) in [7, 11) is 0. The highest BCUT2D eigenvalue weighted by Crippen LogP contribution is 2.25. The molecule has 0 aromatic heterocycles. The van der Waals surface area contributed by atoms with Gasteiger partial charge in [0.25, 0.3) is 0 Å². The van der Waals surface area contributed by atoms with E-state index in [4.69, 9.17) is 18.9 Å². The zero-order chi connectivity index (χ0) is 19.2. The van der Waals surface area contributed by atoms with Crippen LogP contribution >= 0.6 is 0 Å². The van der Waals surface area contributed by atoms with Crippen molar-refractivity contribution in [1.82, 2.24) is 0 Å². The molecular formula is C20H25F3O4. The Morgan fingerprint density at radius 2 is 1.59 bits per heavy atom. The third-order valence-electron chi connectivity index (χ3n) is 4.68. The van der Waals surface area contributed by atoms with E-state index in [9.17, 15) is 13.2 Å². The summed E-state index contributed by atoms with van der Waals surface area (Å²) in [5.41, 5.74) is 0.367. The van der Waals surface area contributed by atoms with Crippen molar-refractivity contribution < 1.29 is 32.1 Å². The first-order chi connectivity index (χ1) is 13.1. The zero-order valence-corrected chi connectivity index (χ0v) is 15.3. The van der Waals surface area contributed by atoms with Gasteiger partial charge in [0, 0.05) is 12.3 Å². The van der Waals surface area contributed by atoms with E-state index in [1.807, 2.05) is 0 Å². The van der Waals surface area contributed by atoms with E-state index in [2.05, 4.69) is 19.1 Å². The van der Waals surface area contributed by atoms with Crippen LogP contribution in [-0.4, -0.2) is 39.0 Å². The molecule has 0 spiro atoms. The Hall–Kier alpha value is -1.41. The molecule has 0 bridgehead atoms. The SMILES string of the molecule is CC/C=C/C1COC(C2COC(CCc3cc(F)c(F)c(F)c3)OC2)OC1. The van der Waals surface area contributed by atoms with Crippen LogP contribution in [0.15, 0.2) is 24.3 Å². The lowest BCUT2D eigenvalue weighted by atomic mass is 10.1. The average molecular weight is 386 g/mol. The highest BCUT2D eigenvalue weighted by atomic mass is 19.2. The van der Waals surface area contributed by atoms with Crippen molar-refractivity contribution in [2.24, 2.45) is 11.8 Å². The number of allylic oxidation sites excluding steroid dienone is 1. The van der Waals surface area contributed by atoms with Crippen LogP contribution in [-0.2, 0) is 25.4 Å². The predicted molar refractivity (Wildman–Crippen MR) is 92.4 cm³/mol. The smallest absolute Gasteiger partial charge is 0.194 e. The molecule has 27 heavy (non-hydrogen) atoms. The molecule has 2 heterocycles. The number of ether oxygens (including phenoxy) is 4. The highest BCUT2D eigenvalue weighted by molar-refractivity contribution is 5.19. The van der Waals surface area contributed by atoms with Crippen molar-refractivity contribution in [2.75, 3.05) is 26.4 Å². The first kappa shape index (κ1) is 20.3. The van der Waals surface area contributed by atoms with Crippen LogP contribution in [0.4, 0.5) is 13.2 Å². The molecule has 2 saturated heterocycles. The number of hydrogen-bond acceptors (Lipinski definition) is 4. The molecule has 0 amide bonds. The van der Waals surface area contributed by atoms with E-state index >= 15 is 0 Å². The normalized spacial score (nSPS) is 29.3. The van der Waals surface area contributed by atoms with Crippen molar-refractivity contribution in [3.05, 3.63) is 47.3 Å². The summed E-state index contributed by atoms with van der Waals surface area (Å²) >= 11 is 0. The van der Waals surface area contributed by atoms with Crippen LogP contribution in [0.5, 0.6) is 0 Å². The minimum Gasteiger partial charge on any atom is -0.352 e. The lowest BCUT2D eigenvalue weighted by molar-refractivity contribution is -0.278. The molecule has 0 unspecified atom stereocenters. The van der Waals surface area contributed by atoms with E-state index in [1.165, 1.54) is 0 Å². The topological polar surface area (TPSA) is 36.9 Å². The Bertz CT molecular complexity index is 613. The second-order valence-electron chi connectivity index (χ2n) is 6.90. The second-order valence-corrected chi connectivity index (χ2v) is 6.90. The number of rotatable bonds is 6. The molecule has 2 aliphatic rings. The summed E-state index contributed by atoms with van der Waals surface area (Å²) in [6, 6.07) is 1.99. The molecule has 0 N–H and O–H groups in total. The zero-order valence-electron chi connectivity index (χ0n) is 15.3. The Balaban J connectivity index is 1.40. The Kier molecular flexibility index (Phi) is 7.29. The van der Waals surface area contributed by atoms with E-state index in [0.29, 0.717) is 44.8 Å². The highest BCUT2D eigenvalue weighted by Gasteiger charge is 2.33. The summed E-state index contributed by atoms with van der Waals surface area (Å²) in [5.74, 6) is -3.57. The van der Waals surface area contributed by atoms with Crippen molar-refractivity contribution >= 4 is 0 Å². The first-order valence-electron chi connectivity index (χ1n) is 9.33. The number of hydrogen-bond donors (Lipinski definition) is 0. The summed E-state index contributed by atoms with van der Waals surface area (Å²) in [4.78, 5) is 0. The van der Waals surface area contributed by atoms with Gasteiger partial charge in [0.15, 0.2) is 30.0 Å². The molecule has 2 aliphatic heterocycles. The fraction of sp³-hybridized carbons (Fsp3) is 0.600. The van der Waals surface area contributed by atoms with Crippen LogP contribution in [0.2, 0.25) is 0 Å². The van der Waals surface area contributed by atoms with Crippen LogP contribution in [0.1, 0.15) is 25.3 Å². The van der Waals surface area contributed by atoms with Crippen molar-refractivity contribution in [1.29, 1.82) is 0 Å². The fourth-order valence-electron chi connectivity index (χ4n) is 3.16. The van der Waals surface area contributed by atoms with Crippen LogP contribution in [0, 0.1) is 29.3 Å². The van der Waals surface area contributed by atoms with E-state index < -0.39 is 23.7 Å². The van der Waals surface area contributed by atoms with Crippen molar-refractivity contribution in [3.8, 4) is 0 Å². The number of benzene rings is 1. The van der Waals surface area contributed by atoms with Gasteiger partial charge in [-0.15, -0.1) is 0 Å². The molecule has 0 radical (unpaired) electrons. The van der Waals surface area contributed by atoms with Gasteiger partial charge in [-0.25, -0.2) is 13.2 Å². The van der Waals surface area contributed by atoms with Gasteiger partial charge >= 0.3 is 0 Å². The molecule has 1 aromatic carbocycles. The maximum Gasteiger partial charge on any atom is 0.194 e. The lowest BCUT2D eigenvalue weighted by Crippen LogP contribution is -2.44. The molecule has 150 valence electrons. The van der Waals surface area contributed by atoms with Gasteiger partial charge in [-0.05, 0) is 30.5 Å². The van der Waals surface area contributed by atoms with E-state index in [0.717, 1.165) is 18.6 Å². The predicted octanol–water partition coefficient (Wildman–Crippen LogP) is 3.98. The lowest BCUT2D eigenvalue weighted by Gasteiger charge is -2.37. The van der Waals surface area contributed by atoms with Gasteiger partial charge in [0.05, 0.1) is 32.3 Å². The Morgan fingerprint density at radius 1 is 0.963 bits per heavy atom. The van der Waals surface area contributed by atoms with Crippen molar-refractivity contribution in [3.63, 3.8) is 0 Å². The Morgan fingerprint density at radius 3 is 2.19 bits per heavy atom. The summed E-state index contributed by atoms with van der Waals surface area (Å²) in [6.45, 7) is 4.17.